The lowest BCUT2D eigenvalue weighted by atomic mass is 9.82. The van der Waals surface area contributed by atoms with Crippen LogP contribution in [0.15, 0.2) is 182 Å². The second-order valence-electron chi connectivity index (χ2n) is 19.1. The first kappa shape index (κ1) is 42.3. The van der Waals surface area contributed by atoms with E-state index in [1.807, 2.05) is 0 Å². The van der Waals surface area contributed by atoms with Gasteiger partial charge in [0.1, 0.15) is 0 Å². The highest BCUT2D eigenvalue weighted by molar-refractivity contribution is 5.90. The van der Waals surface area contributed by atoms with E-state index in [1.54, 1.807) is 0 Å². The normalized spacial score (nSPS) is 14.7. The zero-order valence-corrected chi connectivity index (χ0v) is 39.2. The lowest BCUT2D eigenvalue weighted by Gasteiger charge is -2.29. The van der Waals surface area contributed by atoms with Crippen molar-refractivity contribution in [3.05, 3.63) is 204 Å². The Morgan fingerprint density at radius 3 is 1.03 bits per heavy atom. The van der Waals surface area contributed by atoms with E-state index in [1.165, 1.54) is 61.3 Å². The average Bonchev–Trinajstić information content (AvgIpc) is 3.59. The summed E-state index contributed by atoms with van der Waals surface area (Å²) < 4.78 is 0. The highest BCUT2D eigenvalue weighted by Gasteiger charge is 2.37. The van der Waals surface area contributed by atoms with Gasteiger partial charge in [0, 0.05) is 84.5 Å². The minimum absolute atomic E-state index is 0.0138. The third-order valence-corrected chi connectivity index (χ3v) is 14.3. The van der Waals surface area contributed by atoms with Crippen molar-refractivity contribution in [1.82, 2.24) is 0 Å². The number of fused-ring (bicyclic) bond motifs is 2. The van der Waals surface area contributed by atoms with Gasteiger partial charge >= 0.3 is 0 Å². The number of benzene rings is 7. The Kier molecular flexibility index (Phi) is 10.5. The quantitative estimate of drug-likeness (QED) is 0.136. The molecule has 0 aromatic heterocycles. The standard InChI is InChI=1S/C60H60N4/c1-39-41(3)59(5,6)57-37-53(33-35-55(39)57)63(51-29-25-47(26-30-51)61(9)10)49-21-17-45(18-22-49)43-13-15-44(16-14-43)46-19-23-50(24-20-46)64(52-31-27-48(28-32-52)62(11)12)54-34-36-56-40(2)42(4)60(7,8)58(56)38-54/h13-38H,1,3H2,2,4-12H3. The van der Waals surface area contributed by atoms with Crippen molar-refractivity contribution in [1.29, 1.82) is 0 Å². The third kappa shape index (κ3) is 7.21. The van der Waals surface area contributed by atoms with Gasteiger partial charge in [0.05, 0.1) is 0 Å². The number of nitrogens with zero attached hydrogens (tertiary/aromatic N) is 4. The van der Waals surface area contributed by atoms with Crippen molar-refractivity contribution in [3.63, 3.8) is 0 Å². The van der Waals surface area contributed by atoms with Gasteiger partial charge in [0.15, 0.2) is 0 Å². The minimum atomic E-state index is -0.184. The lowest BCUT2D eigenvalue weighted by Crippen LogP contribution is -2.17. The van der Waals surface area contributed by atoms with E-state index in [9.17, 15) is 0 Å². The van der Waals surface area contributed by atoms with Crippen LogP contribution in [0.2, 0.25) is 0 Å². The number of hydrogen-bond donors (Lipinski definition) is 0. The first-order chi connectivity index (χ1) is 30.5. The number of allylic oxidation sites excluding steroid dienone is 4. The monoisotopic (exact) mass is 836 g/mol. The fourth-order valence-electron chi connectivity index (χ4n) is 9.70. The zero-order valence-electron chi connectivity index (χ0n) is 39.2. The summed E-state index contributed by atoms with van der Waals surface area (Å²) in [7, 11) is 8.32. The minimum Gasteiger partial charge on any atom is -0.378 e. The van der Waals surface area contributed by atoms with E-state index < -0.39 is 0 Å². The summed E-state index contributed by atoms with van der Waals surface area (Å²) in [6.45, 7) is 22.5. The Labute approximate surface area is 381 Å². The van der Waals surface area contributed by atoms with Gasteiger partial charge in [0.25, 0.3) is 0 Å². The Balaban J connectivity index is 0.998. The summed E-state index contributed by atoms with van der Waals surface area (Å²) in [5.41, 5.74) is 23.7. The second-order valence-corrected chi connectivity index (χ2v) is 19.1. The van der Waals surface area contributed by atoms with Crippen molar-refractivity contribution in [2.24, 2.45) is 0 Å². The fraction of sp³-hybridized carbons (Fsp3) is 0.200. The van der Waals surface area contributed by atoms with Crippen molar-refractivity contribution >= 4 is 56.6 Å². The number of anilines is 8. The van der Waals surface area contributed by atoms with Crippen LogP contribution in [0.5, 0.6) is 0 Å². The molecule has 7 aromatic rings. The van der Waals surface area contributed by atoms with Crippen LogP contribution in [-0.4, -0.2) is 28.2 Å². The van der Waals surface area contributed by atoms with Gasteiger partial charge < -0.3 is 19.6 Å². The van der Waals surface area contributed by atoms with Gasteiger partial charge in [-0.3, -0.25) is 0 Å². The van der Waals surface area contributed by atoms with E-state index in [0.717, 1.165) is 51.0 Å². The summed E-state index contributed by atoms with van der Waals surface area (Å²) in [4.78, 5) is 9.01. The molecule has 0 atom stereocenters. The first-order valence-corrected chi connectivity index (χ1v) is 22.4. The molecule has 64 heavy (non-hydrogen) atoms. The molecule has 0 unspecified atom stereocenters. The molecule has 0 saturated carbocycles. The Hall–Kier alpha value is -7.04. The number of hydrogen-bond acceptors (Lipinski definition) is 4. The molecule has 2 aliphatic carbocycles. The summed E-state index contributed by atoms with van der Waals surface area (Å²) in [6.07, 6.45) is 0. The van der Waals surface area contributed by atoms with Crippen LogP contribution >= 0.6 is 0 Å². The molecule has 4 nitrogen and oxygen atoms in total. The molecule has 0 amide bonds. The largest absolute Gasteiger partial charge is 0.378 e. The molecule has 0 N–H and O–H groups in total. The van der Waals surface area contributed by atoms with Gasteiger partial charge in [-0.05, 0) is 172 Å². The highest BCUT2D eigenvalue weighted by atomic mass is 15.2. The predicted molar refractivity (Wildman–Crippen MR) is 278 cm³/mol. The fourth-order valence-corrected chi connectivity index (χ4v) is 9.70. The third-order valence-electron chi connectivity index (χ3n) is 14.3. The molecule has 320 valence electrons. The van der Waals surface area contributed by atoms with Gasteiger partial charge in [-0.1, -0.05) is 107 Å². The smallest absolute Gasteiger partial charge is 0.0465 e. The van der Waals surface area contributed by atoms with E-state index in [0.29, 0.717) is 0 Å². The Bertz CT molecular complexity index is 2940. The molecule has 0 radical (unpaired) electrons. The Morgan fingerprint density at radius 1 is 0.359 bits per heavy atom. The summed E-state index contributed by atoms with van der Waals surface area (Å²) >= 11 is 0. The van der Waals surface area contributed by atoms with E-state index in [2.05, 4.69) is 260 Å². The predicted octanol–water partition coefficient (Wildman–Crippen LogP) is 16.0. The maximum Gasteiger partial charge on any atom is 0.0465 e. The maximum atomic E-state index is 4.41. The van der Waals surface area contributed by atoms with Crippen LogP contribution in [0.25, 0.3) is 33.4 Å². The van der Waals surface area contributed by atoms with Crippen molar-refractivity contribution < 1.29 is 0 Å². The van der Waals surface area contributed by atoms with E-state index in [4.69, 9.17) is 0 Å². The highest BCUT2D eigenvalue weighted by Crippen LogP contribution is 2.51. The molecule has 9 rings (SSSR count). The zero-order chi connectivity index (χ0) is 45.2. The molecule has 0 aliphatic heterocycles. The summed E-state index contributed by atoms with van der Waals surface area (Å²) in [6, 6.07) is 58.3. The van der Waals surface area contributed by atoms with Gasteiger partial charge in [-0.2, -0.15) is 0 Å². The van der Waals surface area contributed by atoms with Gasteiger partial charge in [-0.25, -0.2) is 0 Å². The summed E-state index contributed by atoms with van der Waals surface area (Å²) in [5.74, 6) is 0. The molecular weight excluding hydrogens is 777 g/mol. The SMILES string of the molecule is C=C1C(=C)C(C)(C)c2cc(N(c3ccc(-c4ccc(-c5ccc(N(c6ccc(N(C)C)cc6)c6ccc7c(c6)C(C)(C)C(C)=C7C)cc5)cc4)cc3)c3ccc(N(C)C)cc3)ccc21. The van der Waals surface area contributed by atoms with Crippen molar-refractivity contribution in [3.8, 4) is 22.3 Å². The summed E-state index contributed by atoms with van der Waals surface area (Å²) in [5, 5.41) is 0. The topological polar surface area (TPSA) is 13.0 Å². The van der Waals surface area contributed by atoms with Crippen LogP contribution in [0.4, 0.5) is 45.5 Å². The van der Waals surface area contributed by atoms with Crippen LogP contribution < -0.4 is 19.6 Å². The second kappa shape index (κ2) is 15.9. The lowest BCUT2D eigenvalue weighted by molar-refractivity contribution is 0.639. The number of rotatable bonds is 10. The van der Waals surface area contributed by atoms with E-state index in [-0.39, 0.29) is 10.8 Å². The molecule has 0 heterocycles. The van der Waals surface area contributed by atoms with Crippen molar-refractivity contribution in [2.45, 2.75) is 52.4 Å². The molecule has 4 heteroatoms. The molecule has 0 spiro atoms. The molecule has 0 saturated heterocycles. The maximum absolute atomic E-state index is 4.41. The van der Waals surface area contributed by atoms with Gasteiger partial charge in [-0.15, -0.1) is 0 Å². The van der Waals surface area contributed by atoms with Gasteiger partial charge in [0.2, 0.25) is 0 Å². The van der Waals surface area contributed by atoms with E-state index >= 15 is 0 Å². The van der Waals surface area contributed by atoms with Crippen LogP contribution in [0.1, 0.15) is 63.8 Å². The molecule has 0 bridgehead atoms. The first-order valence-electron chi connectivity index (χ1n) is 22.4. The average molecular weight is 837 g/mol. The molecular formula is C60H60N4. The molecule has 0 fully saturated rings. The molecule has 7 aromatic carbocycles. The van der Waals surface area contributed by atoms with Crippen molar-refractivity contribution in [2.75, 3.05) is 47.8 Å². The molecule has 2 aliphatic rings. The van der Waals surface area contributed by atoms with Crippen LogP contribution in [-0.2, 0) is 10.8 Å². The van der Waals surface area contributed by atoms with Crippen LogP contribution in [0, 0.1) is 0 Å². The van der Waals surface area contributed by atoms with Crippen LogP contribution in [0.3, 0.4) is 0 Å². The Morgan fingerprint density at radius 2 is 0.656 bits per heavy atom.